The number of piperidine rings is 1. The van der Waals surface area contributed by atoms with Gasteiger partial charge in [0.05, 0.1) is 57.8 Å². The third-order valence-corrected chi connectivity index (χ3v) is 9.19. The zero-order valence-electron chi connectivity index (χ0n) is 24.7. The largest absolute Gasteiger partial charge is 0.490 e. The van der Waals surface area contributed by atoms with Gasteiger partial charge in [-0.1, -0.05) is 11.3 Å². The molecule has 2 atom stereocenters. The number of hydrogen-bond acceptors (Lipinski definition) is 9. The Kier molecular flexibility index (Phi) is 6.55. The highest BCUT2D eigenvalue weighted by Gasteiger charge is 2.50. The predicted octanol–water partition coefficient (Wildman–Crippen LogP) is 2.20. The quantitative estimate of drug-likeness (QED) is 0.294. The zero-order chi connectivity index (χ0) is 29.8. The molecule has 3 saturated heterocycles. The molecular weight excluding hydrogens is 538 g/mol. The van der Waals surface area contributed by atoms with Gasteiger partial charge in [0.25, 0.3) is 0 Å². The van der Waals surface area contributed by atoms with Crippen molar-refractivity contribution in [2.45, 2.75) is 43.1 Å². The van der Waals surface area contributed by atoms with Gasteiger partial charge in [0.2, 0.25) is 5.88 Å². The number of nitrogens with zero attached hydrogens (tertiary/aromatic N) is 8. The van der Waals surface area contributed by atoms with Crippen molar-refractivity contribution in [1.82, 2.24) is 24.5 Å². The molecule has 4 aliphatic rings. The normalized spacial score (nSPS) is 21.7. The van der Waals surface area contributed by atoms with Crippen LogP contribution in [-0.4, -0.2) is 79.1 Å². The van der Waals surface area contributed by atoms with Crippen LogP contribution < -0.4 is 14.4 Å². The molecule has 4 aromatic heterocycles. The molecule has 0 aromatic carbocycles. The summed E-state index contributed by atoms with van der Waals surface area (Å²) >= 11 is 0. The molecule has 3 aliphatic heterocycles. The Morgan fingerprint density at radius 1 is 1.05 bits per heavy atom. The van der Waals surface area contributed by atoms with Crippen LogP contribution in [0.15, 0.2) is 55.1 Å². The predicted molar refractivity (Wildman–Crippen MR) is 166 cm³/mol. The second-order valence-electron chi connectivity index (χ2n) is 13.0. The van der Waals surface area contributed by atoms with Crippen LogP contribution in [0.1, 0.15) is 30.4 Å². The third kappa shape index (κ3) is 4.96. The van der Waals surface area contributed by atoms with E-state index in [0.29, 0.717) is 41.4 Å². The topological polar surface area (TPSA) is 116 Å². The zero-order valence-corrected chi connectivity index (χ0v) is 24.7. The monoisotopic (exact) mass is 570 g/mol. The number of rotatable bonds is 8. The summed E-state index contributed by atoms with van der Waals surface area (Å²) in [5, 5.41) is 24.2. The Bertz CT molecular complexity index is 1740. The number of aromatic nitrogens is 4. The van der Waals surface area contributed by atoms with Crippen LogP contribution in [0.2, 0.25) is 5.21 Å². The SMILES string of the molecule is BC1(B)CC(C#N)(COc2cc(-c3ccc(N4CC5CC(C4)N5Cc4ccc(OC)nc4)nc3)c3c(C#N)cnn3c2)C1. The highest BCUT2D eigenvalue weighted by molar-refractivity contribution is 6.40. The van der Waals surface area contributed by atoms with Crippen LogP contribution in [0.25, 0.3) is 16.6 Å². The Morgan fingerprint density at radius 2 is 1.86 bits per heavy atom. The van der Waals surface area contributed by atoms with Crippen molar-refractivity contribution in [3.63, 3.8) is 0 Å². The maximum atomic E-state index is 9.83. The molecule has 0 amide bonds. The molecule has 0 spiro atoms. The Balaban J connectivity index is 1.08. The Morgan fingerprint density at radius 3 is 2.49 bits per heavy atom. The van der Waals surface area contributed by atoms with Gasteiger partial charge >= 0.3 is 0 Å². The first-order valence-electron chi connectivity index (χ1n) is 14.7. The average Bonchev–Trinajstić information content (AvgIpc) is 3.44. The molecule has 214 valence electrons. The summed E-state index contributed by atoms with van der Waals surface area (Å²) in [6, 6.07) is 15.8. The number of fused-ring (bicyclic) bond motifs is 3. The van der Waals surface area contributed by atoms with Crippen LogP contribution in [-0.2, 0) is 6.54 Å². The fraction of sp³-hybridized carbons (Fsp3) is 0.387. The lowest BCUT2D eigenvalue weighted by molar-refractivity contribution is -0.00876. The molecule has 0 N–H and O–H groups in total. The van der Waals surface area contributed by atoms with Crippen LogP contribution in [0.5, 0.6) is 11.6 Å². The molecule has 12 heteroatoms. The molecule has 1 aliphatic carbocycles. The van der Waals surface area contributed by atoms with Crippen LogP contribution >= 0.6 is 0 Å². The molecule has 2 unspecified atom stereocenters. The van der Waals surface area contributed by atoms with Gasteiger partial charge in [0.1, 0.15) is 24.2 Å². The summed E-state index contributed by atoms with van der Waals surface area (Å²) in [7, 11) is 5.99. The standard InChI is InChI=1S/C31H32B2N8O2/c1-42-28-5-2-20(9-37-28)12-40-23-6-24(40)14-39(13-23)27-4-3-21(10-36-27)26-7-25(15-41-29(26)22(8-34)11-38-41)43-19-30(18-35)16-31(32,33)17-30/h2-5,7,9-11,15,23-24H,6,12-14,16-17,19,32-33H2,1H3. The van der Waals surface area contributed by atoms with E-state index in [9.17, 15) is 10.5 Å². The van der Waals surface area contributed by atoms with E-state index < -0.39 is 5.41 Å². The lowest BCUT2D eigenvalue weighted by Gasteiger charge is -2.56. The van der Waals surface area contributed by atoms with Crippen LogP contribution in [0.4, 0.5) is 5.82 Å². The highest BCUT2D eigenvalue weighted by Crippen LogP contribution is 2.55. The van der Waals surface area contributed by atoms with E-state index in [1.54, 1.807) is 24.0 Å². The summed E-state index contributed by atoms with van der Waals surface area (Å²) in [6.07, 6.45) is 9.95. The number of methoxy groups -OCH3 is 1. The van der Waals surface area contributed by atoms with E-state index in [1.807, 2.05) is 24.5 Å². The molecule has 4 aromatic rings. The molecule has 0 radical (unpaired) electrons. The van der Waals surface area contributed by atoms with Gasteiger partial charge < -0.3 is 14.4 Å². The van der Waals surface area contributed by atoms with Crippen LogP contribution in [0.3, 0.4) is 0 Å². The number of piperazine rings is 1. The second kappa shape index (κ2) is 10.3. The van der Waals surface area contributed by atoms with Crippen molar-refractivity contribution in [3.05, 3.63) is 66.2 Å². The summed E-state index contributed by atoms with van der Waals surface area (Å²) in [5.41, 5.74) is 3.63. The number of anilines is 1. The molecule has 10 nitrogen and oxygen atoms in total. The van der Waals surface area contributed by atoms with Gasteiger partial charge in [-0.25, -0.2) is 14.5 Å². The molecule has 7 heterocycles. The summed E-state index contributed by atoms with van der Waals surface area (Å²) < 4.78 is 13.1. The lowest BCUT2D eigenvalue weighted by Crippen LogP contribution is -2.68. The van der Waals surface area contributed by atoms with Crippen molar-refractivity contribution in [2.75, 3.05) is 31.7 Å². The molecular formula is C31H32B2N8O2. The summed E-state index contributed by atoms with van der Waals surface area (Å²) in [5.74, 6) is 2.20. The average molecular weight is 570 g/mol. The molecule has 1 saturated carbocycles. The Labute approximate surface area is 252 Å². The number of ether oxygens (including phenoxy) is 2. The fourth-order valence-electron chi connectivity index (χ4n) is 7.39. The molecule has 43 heavy (non-hydrogen) atoms. The first-order chi connectivity index (χ1) is 20.8. The minimum Gasteiger partial charge on any atom is -0.490 e. The maximum absolute atomic E-state index is 9.83. The van der Waals surface area contributed by atoms with Crippen molar-refractivity contribution in [2.24, 2.45) is 5.41 Å². The van der Waals surface area contributed by atoms with Crippen molar-refractivity contribution in [1.29, 1.82) is 10.5 Å². The number of hydrogen-bond donors (Lipinski definition) is 0. The molecule has 8 rings (SSSR count). The first-order valence-corrected chi connectivity index (χ1v) is 14.7. The van der Waals surface area contributed by atoms with Gasteiger partial charge in [-0.15, -0.1) is 0 Å². The van der Waals surface area contributed by atoms with E-state index in [4.69, 9.17) is 14.5 Å². The van der Waals surface area contributed by atoms with Gasteiger partial charge in [-0.3, -0.25) is 4.90 Å². The van der Waals surface area contributed by atoms with Gasteiger partial charge in [-0.2, -0.15) is 15.6 Å². The van der Waals surface area contributed by atoms with Crippen molar-refractivity contribution < 1.29 is 9.47 Å². The van der Waals surface area contributed by atoms with Gasteiger partial charge in [0.15, 0.2) is 0 Å². The van der Waals surface area contributed by atoms with Gasteiger partial charge in [0, 0.05) is 61.3 Å². The number of pyridine rings is 3. The minimum atomic E-state index is -0.472. The van der Waals surface area contributed by atoms with Crippen molar-refractivity contribution in [3.8, 4) is 34.9 Å². The third-order valence-electron chi connectivity index (χ3n) is 9.19. The second-order valence-corrected chi connectivity index (χ2v) is 13.0. The molecule has 2 bridgehead atoms. The highest BCUT2D eigenvalue weighted by atomic mass is 16.5. The summed E-state index contributed by atoms with van der Waals surface area (Å²) in [4.78, 5) is 14.1. The minimum absolute atomic E-state index is 0.159. The Hall–Kier alpha value is -4.54. The van der Waals surface area contributed by atoms with E-state index in [1.165, 1.54) is 12.0 Å². The van der Waals surface area contributed by atoms with E-state index in [2.05, 4.69) is 65.9 Å². The van der Waals surface area contributed by atoms with Crippen molar-refractivity contribution >= 4 is 27.0 Å². The maximum Gasteiger partial charge on any atom is 0.212 e. The summed E-state index contributed by atoms with van der Waals surface area (Å²) in [6.45, 7) is 3.07. The van der Waals surface area contributed by atoms with Gasteiger partial charge in [-0.05, 0) is 43.0 Å². The van der Waals surface area contributed by atoms with Crippen LogP contribution in [0, 0.1) is 28.1 Å². The number of nitriles is 2. The smallest absolute Gasteiger partial charge is 0.212 e. The van der Waals surface area contributed by atoms with E-state index >= 15 is 0 Å². The fourth-order valence-corrected chi connectivity index (χ4v) is 7.39. The molecule has 4 fully saturated rings. The van der Waals surface area contributed by atoms with E-state index in [0.717, 1.165) is 49.4 Å². The van der Waals surface area contributed by atoms with E-state index in [-0.39, 0.29) is 5.21 Å². The first kappa shape index (κ1) is 27.3. The lowest BCUT2D eigenvalue weighted by atomic mass is 9.36.